The van der Waals surface area contributed by atoms with Crippen LogP contribution >= 0.6 is 0 Å². The van der Waals surface area contributed by atoms with Gasteiger partial charge in [0.1, 0.15) is 5.75 Å². The Balaban J connectivity index is 2.52. The highest BCUT2D eigenvalue weighted by Gasteiger charge is 2.18. The van der Waals surface area contributed by atoms with Gasteiger partial charge in [-0.25, -0.2) is 0 Å². The summed E-state index contributed by atoms with van der Waals surface area (Å²) >= 11 is 0. The van der Waals surface area contributed by atoms with E-state index in [2.05, 4.69) is 5.32 Å². The van der Waals surface area contributed by atoms with E-state index in [1.165, 1.54) is 0 Å². The smallest absolute Gasteiger partial charge is 0.120 e. The summed E-state index contributed by atoms with van der Waals surface area (Å²) in [6.45, 7) is 1.20. The lowest BCUT2D eigenvalue weighted by molar-refractivity contribution is 0.164. The number of β-amino-alcohol motifs (C(OH)–C–C–N with tert-alkyl or cyclic N) is 1. The highest BCUT2D eigenvalue weighted by Crippen LogP contribution is 2.28. The van der Waals surface area contributed by atoms with Crippen molar-refractivity contribution in [3.05, 3.63) is 29.3 Å². The fourth-order valence-corrected chi connectivity index (χ4v) is 1.54. The van der Waals surface area contributed by atoms with E-state index in [1.807, 2.05) is 6.07 Å². The van der Waals surface area contributed by atoms with E-state index in [4.69, 9.17) is 0 Å². The van der Waals surface area contributed by atoms with Crippen molar-refractivity contribution in [2.45, 2.75) is 12.6 Å². The standard InChI is InChI=1S/C9H11NO2/c11-8-3-1-2-6-7(8)4-10-5-9(6)12/h1-3,9-12H,4-5H2/t9-/m0/s1. The van der Waals surface area contributed by atoms with Crippen LogP contribution in [0.3, 0.4) is 0 Å². The van der Waals surface area contributed by atoms with Gasteiger partial charge in [-0.3, -0.25) is 0 Å². The minimum Gasteiger partial charge on any atom is -0.508 e. The molecule has 0 unspecified atom stereocenters. The second kappa shape index (κ2) is 2.77. The van der Waals surface area contributed by atoms with Crippen LogP contribution < -0.4 is 5.32 Å². The molecule has 0 fully saturated rings. The van der Waals surface area contributed by atoms with Crippen molar-refractivity contribution in [1.29, 1.82) is 0 Å². The molecule has 0 saturated carbocycles. The van der Waals surface area contributed by atoms with E-state index in [0.29, 0.717) is 13.1 Å². The molecule has 3 heteroatoms. The topological polar surface area (TPSA) is 52.5 Å². The maximum atomic E-state index is 9.51. The average molecular weight is 165 g/mol. The van der Waals surface area contributed by atoms with Crippen LogP contribution in [-0.4, -0.2) is 16.8 Å². The largest absolute Gasteiger partial charge is 0.508 e. The lowest BCUT2D eigenvalue weighted by Crippen LogP contribution is -2.27. The van der Waals surface area contributed by atoms with Crippen LogP contribution in [0.5, 0.6) is 5.75 Å². The van der Waals surface area contributed by atoms with E-state index in [-0.39, 0.29) is 5.75 Å². The van der Waals surface area contributed by atoms with Crippen LogP contribution in [0.15, 0.2) is 18.2 Å². The third-order valence-corrected chi connectivity index (χ3v) is 2.19. The zero-order valence-corrected chi connectivity index (χ0v) is 6.62. The SMILES string of the molecule is Oc1cccc2c1CNC[C@@H]2O. The number of hydrogen-bond acceptors (Lipinski definition) is 3. The Morgan fingerprint density at radius 1 is 1.42 bits per heavy atom. The summed E-state index contributed by atoms with van der Waals surface area (Å²) in [5, 5.41) is 22.0. The molecule has 0 aliphatic carbocycles. The maximum absolute atomic E-state index is 9.51. The first-order valence-corrected chi connectivity index (χ1v) is 3.98. The van der Waals surface area contributed by atoms with Crippen molar-refractivity contribution >= 4 is 0 Å². The molecule has 3 nitrogen and oxygen atoms in total. The zero-order valence-electron chi connectivity index (χ0n) is 6.62. The minimum absolute atomic E-state index is 0.263. The lowest BCUT2D eigenvalue weighted by atomic mass is 9.98. The molecule has 0 spiro atoms. The van der Waals surface area contributed by atoms with Crippen LogP contribution in [0.1, 0.15) is 17.2 Å². The van der Waals surface area contributed by atoms with Crippen LogP contribution in [0, 0.1) is 0 Å². The van der Waals surface area contributed by atoms with Gasteiger partial charge in [0.05, 0.1) is 6.10 Å². The van der Waals surface area contributed by atoms with E-state index in [0.717, 1.165) is 11.1 Å². The molecule has 1 atom stereocenters. The number of rotatable bonds is 0. The molecule has 0 amide bonds. The molecular weight excluding hydrogens is 154 g/mol. The molecule has 1 heterocycles. The Bertz CT molecular complexity index is 299. The third kappa shape index (κ3) is 1.07. The van der Waals surface area contributed by atoms with Crippen molar-refractivity contribution < 1.29 is 10.2 Å². The number of fused-ring (bicyclic) bond motifs is 1. The average Bonchev–Trinajstić information content (AvgIpc) is 2.07. The number of phenols is 1. The van der Waals surface area contributed by atoms with E-state index < -0.39 is 6.10 Å². The molecule has 0 saturated heterocycles. The molecule has 0 radical (unpaired) electrons. The molecule has 0 aromatic heterocycles. The van der Waals surface area contributed by atoms with Crippen molar-refractivity contribution in [2.24, 2.45) is 0 Å². The van der Waals surface area contributed by atoms with Crippen molar-refractivity contribution in [2.75, 3.05) is 6.54 Å². The van der Waals surface area contributed by atoms with Gasteiger partial charge in [-0.15, -0.1) is 0 Å². The number of phenolic OH excluding ortho intramolecular Hbond substituents is 1. The van der Waals surface area contributed by atoms with E-state index >= 15 is 0 Å². The molecule has 12 heavy (non-hydrogen) atoms. The molecule has 2 rings (SSSR count). The van der Waals surface area contributed by atoms with E-state index in [1.54, 1.807) is 12.1 Å². The Morgan fingerprint density at radius 2 is 2.25 bits per heavy atom. The fourth-order valence-electron chi connectivity index (χ4n) is 1.54. The molecular formula is C9H11NO2. The Hall–Kier alpha value is -1.06. The molecule has 3 N–H and O–H groups in total. The van der Waals surface area contributed by atoms with Gasteiger partial charge in [-0.05, 0) is 11.6 Å². The predicted octanol–water partition coefficient (Wildman–Crippen LogP) is 0.529. The first-order chi connectivity index (χ1) is 5.79. The van der Waals surface area contributed by atoms with E-state index in [9.17, 15) is 10.2 Å². The van der Waals surface area contributed by atoms with Crippen molar-refractivity contribution in [1.82, 2.24) is 5.32 Å². The highest BCUT2D eigenvalue weighted by molar-refractivity contribution is 5.41. The summed E-state index contributed by atoms with van der Waals surface area (Å²) < 4.78 is 0. The zero-order chi connectivity index (χ0) is 8.55. The van der Waals surface area contributed by atoms with Gasteiger partial charge >= 0.3 is 0 Å². The van der Waals surface area contributed by atoms with Crippen LogP contribution in [0.4, 0.5) is 0 Å². The second-order valence-electron chi connectivity index (χ2n) is 2.99. The molecule has 64 valence electrons. The van der Waals surface area contributed by atoms with Crippen LogP contribution in [-0.2, 0) is 6.54 Å². The summed E-state index contributed by atoms with van der Waals surface area (Å²) in [7, 11) is 0. The van der Waals surface area contributed by atoms with Gasteiger partial charge < -0.3 is 15.5 Å². The summed E-state index contributed by atoms with van der Waals surface area (Å²) in [6.07, 6.45) is -0.485. The van der Waals surface area contributed by atoms with Crippen molar-refractivity contribution in [3.8, 4) is 5.75 Å². The van der Waals surface area contributed by atoms with Gasteiger partial charge in [0.25, 0.3) is 0 Å². The lowest BCUT2D eigenvalue weighted by Gasteiger charge is -2.22. The minimum atomic E-state index is -0.485. The number of aliphatic hydroxyl groups excluding tert-OH is 1. The molecule has 1 aliphatic rings. The summed E-state index contributed by atoms with van der Waals surface area (Å²) in [5.41, 5.74) is 1.66. The summed E-state index contributed by atoms with van der Waals surface area (Å²) in [5.74, 6) is 0.263. The third-order valence-electron chi connectivity index (χ3n) is 2.19. The first kappa shape index (κ1) is 7.58. The number of aromatic hydroxyl groups is 1. The normalized spacial score (nSPS) is 21.9. The van der Waals surface area contributed by atoms with Gasteiger partial charge in [-0.1, -0.05) is 12.1 Å². The van der Waals surface area contributed by atoms with Crippen molar-refractivity contribution in [3.63, 3.8) is 0 Å². The van der Waals surface area contributed by atoms with Gasteiger partial charge in [0.15, 0.2) is 0 Å². The molecule has 1 aromatic carbocycles. The number of nitrogens with one attached hydrogen (secondary N) is 1. The molecule has 1 aliphatic heterocycles. The quantitative estimate of drug-likeness (QED) is 0.525. The monoisotopic (exact) mass is 165 g/mol. The highest BCUT2D eigenvalue weighted by atomic mass is 16.3. The summed E-state index contributed by atoms with van der Waals surface area (Å²) in [4.78, 5) is 0. The van der Waals surface area contributed by atoms with Gasteiger partial charge in [0, 0.05) is 18.7 Å². The van der Waals surface area contributed by atoms with Gasteiger partial charge in [-0.2, -0.15) is 0 Å². The maximum Gasteiger partial charge on any atom is 0.120 e. The first-order valence-electron chi connectivity index (χ1n) is 3.98. The van der Waals surface area contributed by atoms with Crippen LogP contribution in [0.25, 0.3) is 0 Å². The van der Waals surface area contributed by atoms with Gasteiger partial charge in [0.2, 0.25) is 0 Å². The Kier molecular flexibility index (Phi) is 1.75. The fraction of sp³-hybridized carbons (Fsp3) is 0.333. The Labute approximate surface area is 70.7 Å². The van der Waals surface area contributed by atoms with Crippen LogP contribution in [0.2, 0.25) is 0 Å². The molecule has 1 aromatic rings. The predicted molar refractivity (Wildman–Crippen MR) is 44.8 cm³/mol. The second-order valence-corrected chi connectivity index (χ2v) is 2.99. The number of hydrogen-bond donors (Lipinski definition) is 3. The molecule has 0 bridgehead atoms. The Morgan fingerprint density at radius 3 is 3.00 bits per heavy atom. The number of benzene rings is 1. The summed E-state index contributed by atoms with van der Waals surface area (Å²) in [6, 6.07) is 5.24. The number of aliphatic hydroxyl groups is 1.